The molecule has 0 radical (unpaired) electrons. The lowest BCUT2D eigenvalue weighted by Crippen LogP contribution is -2.26. The summed E-state index contributed by atoms with van der Waals surface area (Å²) in [4.78, 5) is 0. The van der Waals surface area contributed by atoms with E-state index in [1.165, 1.54) is 6.08 Å². The van der Waals surface area contributed by atoms with Crippen molar-refractivity contribution in [1.29, 1.82) is 0 Å². The Labute approximate surface area is 67.8 Å². The minimum Gasteiger partial charge on any atom is -0.261 e. The van der Waals surface area contributed by atoms with Crippen molar-refractivity contribution in [1.82, 2.24) is 9.95 Å². The van der Waals surface area contributed by atoms with Crippen LogP contribution in [0.2, 0.25) is 0 Å². The van der Waals surface area contributed by atoms with E-state index in [4.69, 9.17) is 23.2 Å². The molecule has 1 rings (SSSR count). The van der Waals surface area contributed by atoms with Gasteiger partial charge in [0.05, 0.1) is 0 Å². The normalized spacial score (nSPS) is 18.3. The van der Waals surface area contributed by atoms with Crippen LogP contribution < -0.4 is 5.43 Å². The Bertz CT molecular complexity index is 178. The van der Waals surface area contributed by atoms with Crippen LogP contribution in [0, 0.1) is 0 Å². The average molecular weight is 184 g/mol. The smallest absolute Gasteiger partial charge is 0.155 e. The molecule has 50 valence electrons. The van der Waals surface area contributed by atoms with Gasteiger partial charge >= 0.3 is 0 Å². The van der Waals surface area contributed by atoms with E-state index in [1.54, 1.807) is 0 Å². The first-order valence-corrected chi connectivity index (χ1v) is 3.21. The summed E-state index contributed by atoms with van der Waals surface area (Å²) in [6.07, 6.45) is 1.48. The number of allylic oxidation sites excluding steroid dienone is 1. The molecular weight excluding hydrogens is 181 g/mol. The Morgan fingerprint density at radius 3 is 2.78 bits per heavy atom. The van der Waals surface area contributed by atoms with Gasteiger partial charge in [-0.25, -0.2) is 0 Å². The third kappa shape index (κ3) is 1.97. The third-order valence-corrected chi connectivity index (χ3v) is 1.21. The van der Waals surface area contributed by atoms with Gasteiger partial charge in [0.2, 0.25) is 0 Å². The Hall–Kier alpha value is -0.0600. The number of rotatable bonds is 0. The molecule has 3 nitrogen and oxygen atoms in total. The predicted molar refractivity (Wildman–Crippen MR) is 41.2 cm³/mol. The molecule has 0 aliphatic carbocycles. The second-order valence-corrected chi connectivity index (χ2v) is 2.49. The van der Waals surface area contributed by atoms with Crippen LogP contribution in [-0.4, -0.2) is 9.69 Å². The molecule has 0 saturated carbocycles. The van der Waals surface area contributed by atoms with E-state index in [0.717, 1.165) is 4.52 Å². The monoisotopic (exact) mass is 183 g/mol. The number of hydrogen-bond donors (Lipinski definition) is 2. The Morgan fingerprint density at radius 2 is 2.33 bits per heavy atom. The molecule has 0 amide bonds. The third-order valence-electron chi connectivity index (χ3n) is 0.643. The summed E-state index contributed by atoms with van der Waals surface area (Å²) in [5.74, 6) is 0. The fourth-order valence-corrected chi connectivity index (χ4v) is 1.12. The highest BCUT2D eigenvalue weighted by Crippen LogP contribution is 2.08. The molecule has 6 heteroatoms. The van der Waals surface area contributed by atoms with Gasteiger partial charge in [-0.3, -0.25) is 5.43 Å². The Kier molecular flexibility index (Phi) is 2.10. The zero-order valence-electron chi connectivity index (χ0n) is 4.17. The molecule has 0 aromatic heterocycles. The van der Waals surface area contributed by atoms with Crippen molar-refractivity contribution in [2.45, 2.75) is 0 Å². The Balaban J connectivity index is 2.74. The number of hydrogen-bond acceptors (Lipinski definition) is 4. The second kappa shape index (κ2) is 2.68. The van der Waals surface area contributed by atoms with Gasteiger partial charge in [-0.15, -0.1) is 9.62 Å². The van der Waals surface area contributed by atoms with Crippen LogP contribution >= 0.6 is 36.0 Å². The topological polar surface area (TPSA) is 27.6 Å². The van der Waals surface area contributed by atoms with Gasteiger partial charge in [-0.2, -0.15) is 0 Å². The number of hydrazine groups is 1. The standard InChI is InChI=1S/C3H3Cl2N3S/c4-2-1-3(5)7-8(9)6-2/h1,6,9H. The molecule has 0 atom stereocenters. The molecule has 0 unspecified atom stereocenters. The number of hydrazone groups is 1. The molecule has 0 aromatic rings. The van der Waals surface area contributed by atoms with E-state index in [2.05, 4.69) is 23.3 Å². The summed E-state index contributed by atoms with van der Waals surface area (Å²) in [6.45, 7) is 0. The molecule has 0 aromatic carbocycles. The van der Waals surface area contributed by atoms with Crippen LogP contribution in [0.5, 0.6) is 0 Å². The zero-order valence-corrected chi connectivity index (χ0v) is 6.58. The van der Waals surface area contributed by atoms with Gasteiger partial charge in [0.15, 0.2) is 5.17 Å². The molecule has 0 fully saturated rings. The van der Waals surface area contributed by atoms with Crippen LogP contribution in [0.1, 0.15) is 0 Å². The maximum absolute atomic E-state index is 5.50. The van der Waals surface area contributed by atoms with Gasteiger partial charge in [-0.05, 0) is 12.8 Å². The first-order chi connectivity index (χ1) is 4.18. The van der Waals surface area contributed by atoms with Crippen molar-refractivity contribution in [3.63, 3.8) is 0 Å². The lowest BCUT2D eigenvalue weighted by Gasteiger charge is -2.16. The largest absolute Gasteiger partial charge is 0.261 e. The van der Waals surface area contributed by atoms with E-state index < -0.39 is 0 Å². The van der Waals surface area contributed by atoms with E-state index >= 15 is 0 Å². The van der Waals surface area contributed by atoms with Gasteiger partial charge in [0.25, 0.3) is 0 Å². The molecule has 1 aliphatic rings. The fourth-order valence-electron chi connectivity index (χ4n) is 0.377. The van der Waals surface area contributed by atoms with Crippen molar-refractivity contribution in [2.75, 3.05) is 0 Å². The SMILES string of the molecule is SN1N=C(Cl)C=C(Cl)N1. The summed E-state index contributed by atoms with van der Waals surface area (Å²) in [7, 11) is 0. The summed E-state index contributed by atoms with van der Waals surface area (Å²) >= 11 is 14.8. The maximum Gasteiger partial charge on any atom is 0.155 e. The van der Waals surface area contributed by atoms with Crippen molar-refractivity contribution < 1.29 is 0 Å². The minimum absolute atomic E-state index is 0.300. The zero-order chi connectivity index (χ0) is 6.85. The molecule has 9 heavy (non-hydrogen) atoms. The number of nitrogens with one attached hydrogen (secondary N) is 1. The van der Waals surface area contributed by atoms with Gasteiger partial charge < -0.3 is 0 Å². The lowest BCUT2D eigenvalue weighted by molar-refractivity contribution is 0.430. The minimum atomic E-state index is 0.300. The predicted octanol–water partition coefficient (Wildman–Crippen LogP) is 1.28. The maximum atomic E-state index is 5.50. The highest BCUT2D eigenvalue weighted by molar-refractivity contribution is 7.77. The molecule has 1 heterocycles. The van der Waals surface area contributed by atoms with Crippen LogP contribution in [0.15, 0.2) is 16.3 Å². The summed E-state index contributed by atoms with van der Waals surface area (Å²) in [5, 5.41) is 4.33. The number of nitrogens with zero attached hydrogens (tertiary/aromatic N) is 2. The number of thiol groups is 1. The van der Waals surface area contributed by atoms with E-state index in [1.807, 2.05) is 0 Å². The summed E-state index contributed by atoms with van der Waals surface area (Å²) < 4.78 is 1.13. The van der Waals surface area contributed by atoms with Crippen molar-refractivity contribution in [2.24, 2.45) is 5.10 Å². The highest BCUT2D eigenvalue weighted by atomic mass is 35.5. The molecule has 0 bridgehead atoms. The quantitative estimate of drug-likeness (QED) is 0.438. The summed E-state index contributed by atoms with van der Waals surface area (Å²) in [5.41, 5.74) is 2.56. The second-order valence-electron chi connectivity index (χ2n) is 1.32. The van der Waals surface area contributed by atoms with Gasteiger partial charge in [-0.1, -0.05) is 23.2 Å². The van der Waals surface area contributed by atoms with Crippen molar-refractivity contribution >= 4 is 41.2 Å². The average Bonchev–Trinajstić information content (AvgIpc) is 1.59. The molecule has 0 saturated heterocycles. The molecule has 0 spiro atoms. The highest BCUT2D eigenvalue weighted by Gasteiger charge is 2.04. The van der Waals surface area contributed by atoms with Gasteiger partial charge in [0.1, 0.15) is 5.16 Å². The van der Waals surface area contributed by atoms with Gasteiger partial charge in [0, 0.05) is 6.08 Å². The fraction of sp³-hybridized carbons (Fsp3) is 0. The van der Waals surface area contributed by atoms with E-state index in [9.17, 15) is 0 Å². The van der Waals surface area contributed by atoms with Crippen LogP contribution in [0.3, 0.4) is 0 Å². The Morgan fingerprint density at radius 1 is 1.67 bits per heavy atom. The van der Waals surface area contributed by atoms with Crippen LogP contribution in [0.4, 0.5) is 0 Å². The lowest BCUT2D eigenvalue weighted by atomic mass is 10.6. The van der Waals surface area contributed by atoms with Crippen LogP contribution in [0.25, 0.3) is 0 Å². The van der Waals surface area contributed by atoms with Crippen molar-refractivity contribution in [3.8, 4) is 0 Å². The van der Waals surface area contributed by atoms with E-state index in [-0.39, 0.29) is 0 Å². The van der Waals surface area contributed by atoms with E-state index in [0.29, 0.717) is 10.3 Å². The molecule has 1 aliphatic heterocycles. The first kappa shape index (κ1) is 7.05. The molecular formula is C3H3Cl2N3S. The van der Waals surface area contributed by atoms with Crippen LogP contribution in [-0.2, 0) is 0 Å². The summed E-state index contributed by atoms with van der Waals surface area (Å²) in [6, 6.07) is 0. The van der Waals surface area contributed by atoms with Crippen molar-refractivity contribution in [3.05, 3.63) is 11.2 Å². The first-order valence-electron chi connectivity index (χ1n) is 2.05. The number of halogens is 2. The molecule has 1 N–H and O–H groups in total.